The molecule has 0 aliphatic rings. The van der Waals surface area contributed by atoms with Crippen molar-refractivity contribution in [3.05, 3.63) is 64.7 Å². The molecule has 2 rings (SSSR count). The van der Waals surface area contributed by atoms with Gasteiger partial charge in [-0.15, -0.1) is 0 Å². The number of esters is 1. The average molecular weight is 474 g/mol. The van der Waals surface area contributed by atoms with Crippen LogP contribution >= 0.6 is 11.6 Å². The van der Waals surface area contributed by atoms with Crippen LogP contribution in [0.25, 0.3) is 0 Å². The van der Waals surface area contributed by atoms with E-state index < -0.39 is 29.9 Å². The number of rotatable bonds is 10. The van der Waals surface area contributed by atoms with Gasteiger partial charge in [0.15, 0.2) is 6.10 Å². The highest BCUT2D eigenvalue weighted by atomic mass is 35.5. The minimum atomic E-state index is -0.800. The lowest BCUT2D eigenvalue weighted by Gasteiger charge is -2.20. The molecule has 2 N–H and O–H groups in total. The van der Waals surface area contributed by atoms with Crippen LogP contribution in [0.2, 0.25) is 5.02 Å². The van der Waals surface area contributed by atoms with Gasteiger partial charge < -0.3 is 14.8 Å². The molecule has 176 valence electrons. The summed E-state index contributed by atoms with van der Waals surface area (Å²) in [5.41, 5.74) is 3.44. The van der Waals surface area contributed by atoms with Gasteiger partial charge in [-0.2, -0.15) is 5.10 Å². The summed E-state index contributed by atoms with van der Waals surface area (Å²) < 4.78 is 10.4. The molecule has 0 aliphatic heterocycles. The molecular formula is C24H28ClN3O5. The summed E-state index contributed by atoms with van der Waals surface area (Å²) in [5.74, 6) is -1.01. The average Bonchev–Trinajstić information content (AvgIpc) is 2.78. The predicted molar refractivity (Wildman–Crippen MR) is 126 cm³/mol. The maximum absolute atomic E-state index is 12.6. The fourth-order valence-corrected chi connectivity index (χ4v) is 3.01. The van der Waals surface area contributed by atoms with Crippen LogP contribution in [0.1, 0.15) is 43.6 Å². The van der Waals surface area contributed by atoms with Crippen molar-refractivity contribution in [3.63, 3.8) is 0 Å². The van der Waals surface area contributed by atoms with Gasteiger partial charge in [0.2, 0.25) is 0 Å². The molecule has 0 heterocycles. The summed E-state index contributed by atoms with van der Waals surface area (Å²) in [4.78, 5) is 36.7. The van der Waals surface area contributed by atoms with E-state index in [2.05, 4.69) is 15.8 Å². The van der Waals surface area contributed by atoms with Crippen molar-refractivity contribution in [2.24, 2.45) is 11.0 Å². The van der Waals surface area contributed by atoms with Gasteiger partial charge in [-0.25, -0.2) is 10.2 Å². The fourth-order valence-electron chi connectivity index (χ4n) is 2.78. The Balaban J connectivity index is 1.94. The van der Waals surface area contributed by atoms with Gasteiger partial charge >= 0.3 is 5.97 Å². The molecule has 0 saturated heterocycles. The van der Waals surface area contributed by atoms with Gasteiger partial charge in [-0.3, -0.25) is 9.59 Å². The molecule has 8 nitrogen and oxygen atoms in total. The first-order valence-electron chi connectivity index (χ1n) is 10.5. The SMILES string of the molecule is CCOC(=O)C(C)Oc1ccc(/C=N/NC(=O)C(NC(=O)c2ccccc2Cl)C(C)C)cc1. The number of hydrogen-bond donors (Lipinski definition) is 2. The lowest BCUT2D eigenvalue weighted by atomic mass is 10.0. The predicted octanol–water partition coefficient (Wildman–Crippen LogP) is 3.58. The van der Waals surface area contributed by atoms with Crippen LogP contribution in [-0.4, -0.2) is 42.8 Å². The first-order valence-corrected chi connectivity index (χ1v) is 10.9. The Labute approximate surface area is 198 Å². The van der Waals surface area contributed by atoms with Gasteiger partial charge in [0.25, 0.3) is 11.8 Å². The maximum atomic E-state index is 12.6. The Morgan fingerprint density at radius 3 is 2.33 bits per heavy atom. The number of hydrogen-bond acceptors (Lipinski definition) is 6. The third-order valence-electron chi connectivity index (χ3n) is 4.55. The molecule has 0 bridgehead atoms. The zero-order chi connectivity index (χ0) is 24.4. The molecule has 0 fully saturated rings. The van der Waals surface area contributed by atoms with Crippen molar-refractivity contribution in [1.82, 2.24) is 10.7 Å². The number of ether oxygens (including phenoxy) is 2. The molecule has 0 saturated carbocycles. The minimum Gasteiger partial charge on any atom is -0.479 e. The zero-order valence-electron chi connectivity index (χ0n) is 19.0. The maximum Gasteiger partial charge on any atom is 0.347 e. The molecule has 2 atom stereocenters. The molecule has 0 spiro atoms. The summed E-state index contributed by atoms with van der Waals surface area (Å²) in [5, 5.41) is 6.98. The van der Waals surface area contributed by atoms with E-state index in [4.69, 9.17) is 21.1 Å². The van der Waals surface area contributed by atoms with Gasteiger partial charge in [0.1, 0.15) is 11.8 Å². The Hall–Kier alpha value is -3.39. The molecule has 2 amide bonds. The van der Waals surface area contributed by atoms with E-state index >= 15 is 0 Å². The Morgan fingerprint density at radius 1 is 1.06 bits per heavy atom. The summed E-state index contributed by atoms with van der Waals surface area (Å²) >= 11 is 6.06. The highest BCUT2D eigenvalue weighted by Crippen LogP contribution is 2.16. The van der Waals surface area contributed by atoms with Crippen molar-refractivity contribution in [2.75, 3.05) is 6.61 Å². The van der Waals surface area contributed by atoms with Crippen molar-refractivity contribution in [3.8, 4) is 5.75 Å². The van der Waals surface area contributed by atoms with Crippen molar-refractivity contribution in [1.29, 1.82) is 0 Å². The summed E-state index contributed by atoms with van der Waals surface area (Å²) in [6.45, 7) is 7.26. The summed E-state index contributed by atoms with van der Waals surface area (Å²) in [7, 11) is 0. The lowest BCUT2D eigenvalue weighted by Crippen LogP contribution is -2.48. The largest absolute Gasteiger partial charge is 0.479 e. The quantitative estimate of drug-likeness (QED) is 0.311. The van der Waals surface area contributed by atoms with Crippen molar-refractivity contribution >= 4 is 35.6 Å². The third kappa shape index (κ3) is 7.91. The van der Waals surface area contributed by atoms with Crippen molar-refractivity contribution in [2.45, 2.75) is 39.8 Å². The Bertz CT molecular complexity index is 992. The van der Waals surface area contributed by atoms with E-state index in [0.29, 0.717) is 21.9 Å². The van der Waals surface area contributed by atoms with Gasteiger partial charge in [-0.05, 0) is 61.7 Å². The van der Waals surface area contributed by atoms with E-state index in [1.54, 1.807) is 62.4 Å². The number of carbonyl (C=O) groups excluding carboxylic acids is 3. The fraction of sp³-hybridized carbons (Fsp3) is 0.333. The molecule has 0 radical (unpaired) electrons. The van der Waals surface area contributed by atoms with Gasteiger partial charge in [0, 0.05) is 0 Å². The van der Waals surface area contributed by atoms with Crippen molar-refractivity contribution < 1.29 is 23.9 Å². The molecule has 2 unspecified atom stereocenters. The van der Waals surface area contributed by atoms with Crippen LogP contribution in [0, 0.1) is 5.92 Å². The molecule has 0 aliphatic carbocycles. The number of halogens is 1. The van der Waals surface area contributed by atoms with Crippen LogP contribution < -0.4 is 15.5 Å². The Morgan fingerprint density at radius 2 is 1.73 bits per heavy atom. The normalized spacial score (nSPS) is 12.8. The van der Waals surface area contributed by atoms with Gasteiger partial charge in [-0.1, -0.05) is 37.6 Å². The monoisotopic (exact) mass is 473 g/mol. The topological polar surface area (TPSA) is 106 Å². The van der Waals surface area contributed by atoms with E-state index in [9.17, 15) is 14.4 Å². The van der Waals surface area contributed by atoms with E-state index in [1.807, 2.05) is 13.8 Å². The van der Waals surface area contributed by atoms with E-state index in [1.165, 1.54) is 6.21 Å². The highest BCUT2D eigenvalue weighted by Gasteiger charge is 2.25. The number of nitrogens with one attached hydrogen (secondary N) is 2. The zero-order valence-corrected chi connectivity index (χ0v) is 19.8. The standard InChI is InChI=1S/C24H28ClN3O5/c1-5-32-24(31)16(4)33-18-12-10-17(11-13-18)14-26-28-23(30)21(15(2)3)27-22(29)19-8-6-7-9-20(19)25/h6-16,21H,5H2,1-4H3,(H,27,29)(H,28,30)/b26-14+. The second-order valence-electron chi connectivity index (χ2n) is 7.49. The smallest absolute Gasteiger partial charge is 0.347 e. The lowest BCUT2D eigenvalue weighted by molar-refractivity contribution is -0.150. The number of amides is 2. The van der Waals surface area contributed by atoms with Crippen LogP contribution in [0.5, 0.6) is 5.75 Å². The first kappa shape index (κ1) is 25.9. The number of hydrazone groups is 1. The highest BCUT2D eigenvalue weighted by molar-refractivity contribution is 6.33. The van der Waals surface area contributed by atoms with Crippen LogP contribution in [0.3, 0.4) is 0 Å². The van der Waals surface area contributed by atoms with Crippen LogP contribution in [0.15, 0.2) is 53.6 Å². The molecule has 2 aromatic carbocycles. The first-order chi connectivity index (χ1) is 15.7. The molecule has 33 heavy (non-hydrogen) atoms. The van der Waals surface area contributed by atoms with Crippen LogP contribution in [0.4, 0.5) is 0 Å². The number of carbonyl (C=O) groups is 3. The number of benzene rings is 2. The molecule has 9 heteroatoms. The molecule has 0 aromatic heterocycles. The summed E-state index contributed by atoms with van der Waals surface area (Å²) in [6.07, 6.45) is 0.738. The van der Waals surface area contributed by atoms with Gasteiger partial charge in [0.05, 0.1) is 23.4 Å². The van der Waals surface area contributed by atoms with Crippen LogP contribution in [-0.2, 0) is 14.3 Å². The molecular weight excluding hydrogens is 446 g/mol. The Kier molecular flexibility index (Phi) is 9.87. The number of nitrogens with zero attached hydrogens (tertiary/aromatic N) is 1. The third-order valence-corrected chi connectivity index (χ3v) is 4.88. The van der Waals surface area contributed by atoms with E-state index in [0.717, 1.165) is 0 Å². The minimum absolute atomic E-state index is 0.176. The second kappa shape index (κ2) is 12.6. The summed E-state index contributed by atoms with van der Waals surface area (Å²) in [6, 6.07) is 12.6. The second-order valence-corrected chi connectivity index (χ2v) is 7.90. The van der Waals surface area contributed by atoms with E-state index in [-0.39, 0.29) is 12.5 Å². The molecule has 2 aromatic rings.